The number of carbonyl (C=O) groups is 2. The first kappa shape index (κ1) is 18.2. The van der Waals surface area contributed by atoms with Crippen LogP contribution in [0.25, 0.3) is 0 Å². The van der Waals surface area contributed by atoms with Gasteiger partial charge in [-0.25, -0.2) is 0 Å². The van der Waals surface area contributed by atoms with Crippen molar-refractivity contribution in [3.8, 4) is 0 Å². The van der Waals surface area contributed by atoms with Crippen molar-refractivity contribution in [3.63, 3.8) is 0 Å². The third-order valence-corrected chi connectivity index (χ3v) is 4.99. The largest absolute Gasteiger partial charge is 0.340 e. The molecule has 1 aliphatic heterocycles. The summed E-state index contributed by atoms with van der Waals surface area (Å²) in [5.74, 6) is 1.03. The van der Waals surface area contributed by atoms with Gasteiger partial charge in [0.05, 0.1) is 12.1 Å². The average molecular weight is 358 g/mol. The van der Waals surface area contributed by atoms with E-state index in [-0.39, 0.29) is 24.2 Å². The van der Waals surface area contributed by atoms with Crippen molar-refractivity contribution in [2.24, 2.45) is 5.92 Å². The molecular weight excluding hydrogens is 334 g/mol. The molecule has 1 aromatic heterocycles. The van der Waals surface area contributed by atoms with Gasteiger partial charge < -0.3 is 15.1 Å². The molecule has 2 aliphatic rings. The van der Waals surface area contributed by atoms with Gasteiger partial charge in [-0.2, -0.15) is 11.3 Å². The number of nitrogens with one attached hydrogen (secondary N) is 1. The van der Waals surface area contributed by atoms with Gasteiger partial charge in [-0.05, 0) is 43.2 Å². The molecule has 0 radical (unpaired) electrons. The number of hydrogen-bond donors (Lipinski definition) is 1. The van der Waals surface area contributed by atoms with Crippen molar-refractivity contribution in [2.75, 3.05) is 39.3 Å². The lowest BCUT2D eigenvalue weighted by Gasteiger charge is -2.22. The summed E-state index contributed by atoms with van der Waals surface area (Å²) in [7, 11) is 0. The third-order valence-electron chi connectivity index (χ3n) is 4.31. The van der Waals surface area contributed by atoms with Gasteiger partial charge in [0, 0.05) is 31.6 Å². The van der Waals surface area contributed by atoms with Crippen LogP contribution in [0.4, 0.5) is 0 Å². The molecule has 5 nitrogen and oxygen atoms in total. The molecule has 1 aliphatic carbocycles. The predicted octanol–water partition coefficient (Wildman–Crippen LogP) is 1.84. The second kappa shape index (κ2) is 8.66. The second-order valence-electron chi connectivity index (χ2n) is 6.11. The van der Waals surface area contributed by atoms with Crippen LogP contribution in [0.3, 0.4) is 0 Å². The lowest BCUT2D eigenvalue weighted by atomic mass is 10.3. The van der Waals surface area contributed by atoms with Crippen molar-refractivity contribution in [2.45, 2.75) is 19.3 Å². The highest BCUT2D eigenvalue weighted by Gasteiger charge is 2.24. The number of thiophene rings is 1. The van der Waals surface area contributed by atoms with Gasteiger partial charge in [-0.15, -0.1) is 12.4 Å². The van der Waals surface area contributed by atoms with Gasteiger partial charge in [0.15, 0.2) is 0 Å². The van der Waals surface area contributed by atoms with Crippen molar-refractivity contribution in [1.82, 2.24) is 15.1 Å². The number of amides is 2. The molecule has 7 heteroatoms. The van der Waals surface area contributed by atoms with Crippen LogP contribution in [0.5, 0.6) is 0 Å². The lowest BCUT2D eigenvalue weighted by Crippen LogP contribution is -2.41. The maximum Gasteiger partial charge on any atom is 0.254 e. The van der Waals surface area contributed by atoms with Crippen molar-refractivity contribution in [3.05, 3.63) is 22.4 Å². The number of halogens is 1. The van der Waals surface area contributed by atoms with Crippen molar-refractivity contribution >= 4 is 35.6 Å². The molecule has 1 saturated carbocycles. The Balaban J connectivity index is 0.00000192. The first-order chi connectivity index (χ1) is 10.7. The normalized spacial score (nSPS) is 18.3. The second-order valence-corrected chi connectivity index (χ2v) is 6.89. The molecule has 0 bridgehead atoms. The summed E-state index contributed by atoms with van der Waals surface area (Å²) in [5, 5.41) is 7.06. The highest BCUT2D eigenvalue weighted by Crippen LogP contribution is 2.27. The fraction of sp³-hybridized carbons (Fsp3) is 0.625. The molecule has 3 rings (SSSR count). The van der Waals surface area contributed by atoms with Crippen LogP contribution in [0.2, 0.25) is 0 Å². The molecule has 1 saturated heterocycles. The van der Waals surface area contributed by atoms with E-state index >= 15 is 0 Å². The van der Waals surface area contributed by atoms with E-state index < -0.39 is 0 Å². The molecular formula is C16H24ClN3O2S. The van der Waals surface area contributed by atoms with Gasteiger partial charge in [-0.3, -0.25) is 9.59 Å². The first-order valence-corrected chi connectivity index (χ1v) is 8.98. The van der Waals surface area contributed by atoms with Gasteiger partial charge in [-0.1, -0.05) is 0 Å². The molecule has 1 aromatic rings. The van der Waals surface area contributed by atoms with Crippen LogP contribution < -0.4 is 5.32 Å². The fourth-order valence-corrected chi connectivity index (χ4v) is 3.39. The van der Waals surface area contributed by atoms with Gasteiger partial charge >= 0.3 is 0 Å². The highest BCUT2D eigenvalue weighted by atomic mass is 35.5. The summed E-state index contributed by atoms with van der Waals surface area (Å²) in [6.07, 6.45) is 3.44. The Kier molecular flexibility index (Phi) is 6.87. The molecule has 0 unspecified atom stereocenters. The Hall–Kier alpha value is -1.11. The summed E-state index contributed by atoms with van der Waals surface area (Å²) >= 11 is 1.54. The minimum Gasteiger partial charge on any atom is -0.340 e. The Morgan fingerprint density at radius 1 is 1.17 bits per heavy atom. The minimum atomic E-state index is 0. The van der Waals surface area contributed by atoms with Crippen LogP contribution in [0, 0.1) is 5.92 Å². The van der Waals surface area contributed by atoms with E-state index in [4.69, 9.17) is 0 Å². The Bertz CT molecular complexity index is 519. The molecule has 2 heterocycles. The monoisotopic (exact) mass is 357 g/mol. The summed E-state index contributed by atoms with van der Waals surface area (Å²) in [4.78, 5) is 28.3. The van der Waals surface area contributed by atoms with E-state index in [0.29, 0.717) is 19.6 Å². The quantitative estimate of drug-likeness (QED) is 0.874. The van der Waals surface area contributed by atoms with E-state index in [0.717, 1.165) is 37.5 Å². The number of hydrogen-bond acceptors (Lipinski definition) is 4. The summed E-state index contributed by atoms with van der Waals surface area (Å²) in [6.45, 7) is 4.13. The Morgan fingerprint density at radius 3 is 2.61 bits per heavy atom. The van der Waals surface area contributed by atoms with Crippen LogP contribution >= 0.6 is 23.7 Å². The topological polar surface area (TPSA) is 52.7 Å². The van der Waals surface area contributed by atoms with Crippen LogP contribution in [-0.2, 0) is 4.79 Å². The SMILES string of the molecule is Cl.O=C(CNCC1CC1)N1CCCN(C(=O)c2ccsc2)CC1. The van der Waals surface area contributed by atoms with E-state index in [1.165, 1.54) is 24.2 Å². The maximum absolute atomic E-state index is 12.4. The smallest absolute Gasteiger partial charge is 0.254 e. The third kappa shape index (κ3) is 5.19. The molecule has 128 valence electrons. The van der Waals surface area contributed by atoms with Crippen molar-refractivity contribution in [1.29, 1.82) is 0 Å². The summed E-state index contributed by atoms with van der Waals surface area (Å²) < 4.78 is 0. The number of nitrogens with zero attached hydrogens (tertiary/aromatic N) is 2. The molecule has 2 fully saturated rings. The van der Waals surface area contributed by atoms with Crippen LogP contribution in [-0.4, -0.2) is 60.9 Å². The zero-order chi connectivity index (χ0) is 15.4. The number of carbonyl (C=O) groups excluding carboxylic acids is 2. The molecule has 2 amide bonds. The average Bonchev–Trinajstić information content (AvgIpc) is 3.24. The predicted molar refractivity (Wildman–Crippen MR) is 94.3 cm³/mol. The van der Waals surface area contributed by atoms with Crippen LogP contribution in [0.1, 0.15) is 29.6 Å². The minimum absolute atomic E-state index is 0. The standard InChI is InChI=1S/C16H23N3O2S.ClH/c20-15(11-17-10-13-2-3-13)18-5-1-6-19(8-7-18)16(21)14-4-9-22-12-14;/h4,9,12-13,17H,1-3,5-8,10-11H2;1H. The fourth-order valence-electron chi connectivity index (χ4n) is 2.76. The molecule has 0 spiro atoms. The van der Waals surface area contributed by atoms with E-state index in [9.17, 15) is 9.59 Å². The molecule has 0 aromatic carbocycles. The first-order valence-electron chi connectivity index (χ1n) is 8.04. The Morgan fingerprint density at radius 2 is 1.91 bits per heavy atom. The lowest BCUT2D eigenvalue weighted by molar-refractivity contribution is -0.130. The maximum atomic E-state index is 12.4. The zero-order valence-electron chi connectivity index (χ0n) is 13.2. The Labute approximate surface area is 147 Å². The van der Waals surface area contributed by atoms with Gasteiger partial charge in [0.25, 0.3) is 5.91 Å². The van der Waals surface area contributed by atoms with Gasteiger partial charge in [0.2, 0.25) is 5.91 Å². The molecule has 0 atom stereocenters. The van der Waals surface area contributed by atoms with E-state index in [1.807, 2.05) is 26.6 Å². The van der Waals surface area contributed by atoms with Crippen LogP contribution in [0.15, 0.2) is 16.8 Å². The van der Waals surface area contributed by atoms with E-state index in [1.54, 1.807) is 0 Å². The van der Waals surface area contributed by atoms with Crippen molar-refractivity contribution < 1.29 is 9.59 Å². The van der Waals surface area contributed by atoms with E-state index in [2.05, 4.69) is 5.32 Å². The summed E-state index contributed by atoms with van der Waals surface area (Å²) in [6, 6.07) is 1.86. The highest BCUT2D eigenvalue weighted by molar-refractivity contribution is 7.08. The zero-order valence-corrected chi connectivity index (χ0v) is 14.8. The summed E-state index contributed by atoms with van der Waals surface area (Å²) in [5.41, 5.74) is 0.760. The molecule has 23 heavy (non-hydrogen) atoms. The van der Waals surface area contributed by atoms with Gasteiger partial charge in [0.1, 0.15) is 0 Å². The molecule has 1 N–H and O–H groups in total. The number of rotatable bonds is 5.